The summed E-state index contributed by atoms with van der Waals surface area (Å²) in [6.07, 6.45) is 2.47. The minimum atomic E-state index is -0.522. The number of carbonyl (C=O) groups is 2. The lowest BCUT2D eigenvalue weighted by atomic mass is 9.90. The summed E-state index contributed by atoms with van der Waals surface area (Å²) in [4.78, 5) is 23.4. The van der Waals surface area contributed by atoms with E-state index < -0.39 is 11.6 Å². The van der Waals surface area contributed by atoms with Gasteiger partial charge in [-0.15, -0.1) is 0 Å². The molecule has 21 heavy (non-hydrogen) atoms. The van der Waals surface area contributed by atoms with Gasteiger partial charge in [0.2, 0.25) is 5.91 Å². The van der Waals surface area contributed by atoms with E-state index in [-0.39, 0.29) is 5.91 Å². The summed E-state index contributed by atoms with van der Waals surface area (Å²) < 4.78 is 4.51. The lowest BCUT2D eigenvalue weighted by molar-refractivity contribution is -0.122. The number of hydrogen-bond acceptors (Lipinski definition) is 4. The molecule has 6 nitrogen and oxygen atoms in total. The highest BCUT2D eigenvalue weighted by Crippen LogP contribution is 2.21. The maximum absolute atomic E-state index is 12.3. The highest BCUT2D eigenvalue weighted by atomic mass is 16.5. The quantitative estimate of drug-likeness (QED) is 0.798. The van der Waals surface area contributed by atoms with Crippen LogP contribution in [-0.4, -0.2) is 31.2 Å². The Morgan fingerprint density at radius 3 is 2.29 bits per heavy atom. The van der Waals surface area contributed by atoms with E-state index in [1.165, 1.54) is 7.11 Å². The summed E-state index contributed by atoms with van der Waals surface area (Å²) in [6.45, 7) is 2.79. The molecule has 1 heterocycles. The van der Waals surface area contributed by atoms with Gasteiger partial charge in [-0.25, -0.2) is 4.79 Å². The standard InChI is InChI=1S/C15H21N3O3/c1-15(9-3-4-10-16-15)13(19)17-11-5-7-12(8-6-11)18-14(20)21-2/h5-8,16H,3-4,9-10H2,1-2H3,(H,17,19)(H,18,20). The van der Waals surface area contributed by atoms with Crippen LogP contribution in [0.25, 0.3) is 0 Å². The molecule has 1 fully saturated rings. The predicted molar refractivity (Wildman–Crippen MR) is 81.4 cm³/mol. The molecule has 0 aromatic heterocycles. The van der Waals surface area contributed by atoms with Gasteiger partial charge in [0.15, 0.2) is 0 Å². The first-order valence-electron chi connectivity index (χ1n) is 7.05. The Bertz CT molecular complexity index is 507. The normalized spacial score (nSPS) is 21.4. The summed E-state index contributed by atoms with van der Waals surface area (Å²) in [5.41, 5.74) is 0.798. The Hall–Kier alpha value is -2.08. The maximum atomic E-state index is 12.3. The Balaban J connectivity index is 1.96. The second-order valence-electron chi connectivity index (χ2n) is 5.36. The van der Waals surface area contributed by atoms with Crippen LogP contribution in [0.4, 0.5) is 16.2 Å². The fourth-order valence-electron chi connectivity index (χ4n) is 2.32. The monoisotopic (exact) mass is 291 g/mol. The third-order valence-electron chi connectivity index (χ3n) is 3.69. The van der Waals surface area contributed by atoms with Crippen molar-refractivity contribution in [2.75, 3.05) is 24.3 Å². The van der Waals surface area contributed by atoms with E-state index in [4.69, 9.17) is 0 Å². The van der Waals surface area contributed by atoms with Gasteiger partial charge in [-0.1, -0.05) is 0 Å². The summed E-state index contributed by atoms with van der Waals surface area (Å²) in [6, 6.07) is 6.91. The number of anilines is 2. The molecule has 0 spiro atoms. The molecule has 1 aromatic carbocycles. The molecule has 1 unspecified atom stereocenters. The second kappa shape index (κ2) is 6.58. The van der Waals surface area contributed by atoms with Gasteiger partial charge < -0.3 is 15.4 Å². The van der Waals surface area contributed by atoms with Crippen LogP contribution in [0, 0.1) is 0 Å². The van der Waals surface area contributed by atoms with Crippen molar-refractivity contribution >= 4 is 23.4 Å². The van der Waals surface area contributed by atoms with Crippen LogP contribution in [0.3, 0.4) is 0 Å². The molecule has 1 saturated heterocycles. The van der Waals surface area contributed by atoms with Crippen molar-refractivity contribution in [2.24, 2.45) is 0 Å². The van der Waals surface area contributed by atoms with Gasteiger partial charge in [0, 0.05) is 11.4 Å². The molecule has 1 atom stereocenters. The molecule has 0 radical (unpaired) electrons. The molecule has 3 N–H and O–H groups in total. The molecular weight excluding hydrogens is 270 g/mol. The van der Waals surface area contributed by atoms with E-state index in [1.54, 1.807) is 24.3 Å². The number of piperidine rings is 1. The van der Waals surface area contributed by atoms with Crippen molar-refractivity contribution in [3.63, 3.8) is 0 Å². The summed E-state index contributed by atoms with van der Waals surface area (Å²) >= 11 is 0. The third-order valence-corrected chi connectivity index (χ3v) is 3.69. The number of hydrogen-bond donors (Lipinski definition) is 3. The topological polar surface area (TPSA) is 79.5 Å². The zero-order valence-electron chi connectivity index (χ0n) is 12.4. The first-order valence-corrected chi connectivity index (χ1v) is 7.05. The van der Waals surface area contributed by atoms with Crippen LogP contribution in [0.2, 0.25) is 0 Å². The van der Waals surface area contributed by atoms with Gasteiger partial charge in [0.25, 0.3) is 0 Å². The van der Waals surface area contributed by atoms with Crippen LogP contribution in [0.1, 0.15) is 26.2 Å². The highest BCUT2D eigenvalue weighted by molar-refractivity contribution is 5.98. The molecule has 1 aliphatic heterocycles. The minimum absolute atomic E-state index is 0.0316. The van der Waals surface area contributed by atoms with Crippen molar-refractivity contribution in [2.45, 2.75) is 31.7 Å². The average Bonchev–Trinajstić information content (AvgIpc) is 2.50. The van der Waals surface area contributed by atoms with Crippen molar-refractivity contribution in [3.05, 3.63) is 24.3 Å². The van der Waals surface area contributed by atoms with Crippen molar-refractivity contribution in [1.82, 2.24) is 5.32 Å². The molecule has 2 amide bonds. The fourth-order valence-corrected chi connectivity index (χ4v) is 2.32. The van der Waals surface area contributed by atoms with Crippen LogP contribution < -0.4 is 16.0 Å². The Morgan fingerprint density at radius 2 is 1.76 bits per heavy atom. The Kier molecular flexibility index (Phi) is 4.80. The molecule has 114 valence electrons. The van der Waals surface area contributed by atoms with Crippen molar-refractivity contribution in [1.29, 1.82) is 0 Å². The molecule has 2 rings (SSSR count). The molecule has 0 saturated carbocycles. The predicted octanol–water partition coefficient (Wildman–Crippen LogP) is 2.34. The van der Waals surface area contributed by atoms with Crippen molar-refractivity contribution < 1.29 is 14.3 Å². The number of ether oxygens (including phenoxy) is 1. The van der Waals surface area contributed by atoms with E-state index >= 15 is 0 Å². The maximum Gasteiger partial charge on any atom is 0.411 e. The van der Waals surface area contributed by atoms with Gasteiger partial charge in [-0.05, 0) is 57.0 Å². The zero-order chi connectivity index (χ0) is 15.3. The molecule has 6 heteroatoms. The zero-order valence-corrected chi connectivity index (χ0v) is 12.4. The molecule has 0 aliphatic carbocycles. The molecular formula is C15H21N3O3. The lowest BCUT2D eigenvalue weighted by Gasteiger charge is -2.33. The number of rotatable bonds is 3. The summed E-state index contributed by atoms with van der Waals surface area (Å²) in [7, 11) is 1.31. The number of benzene rings is 1. The molecule has 0 bridgehead atoms. The van der Waals surface area contributed by atoms with Crippen LogP contribution in [0.5, 0.6) is 0 Å². The highest BCUT2D eigenvalue weighted by Gasteiger charge is 2.34. The smallest absolute Gasteiger partial charge is 0.411 e. The van der Waals surface area contributed by atoms with E-state index in [9.17, 15) is 9.59 Å². The first-order chi connectivity index (χ1) is 10.0. The molecule has 1 aliphatic rings. The lowest BCUT2D eigenvalue weighted by Crippen LogP contribution is -2.54. The number of nitrogens with one attached hydrogen (secondary N) is 3. The van der Waals surface area contributed by atoms with Gasteiger partial charge in [-0.2, -0.15) is 0 Å². The Morgan fingerprint density at radius 1 is 1.14 bits per heavy atom. The van der Waals surface area contributed by atoms with Gasteiger partial charge >= 0.3 is 6.09 Å². The van der Waals surface area contributed by atoms with E-state index in [1.807, 2.05) is 6.92 Å². The van der Waals surface area contributed by atoms with Crippen LogP contribution in [0.15, 0.2) is 24.3 Å². The third kappa shape index (κ3) is 3.95. The van der Waals surface area contributed by atoms with Crippen molar-refractivity contribution in [3.8, 4) is 0 Å². The second-order valence-corrected chi connectivity index (χ2v) is 5.36. The number of carbonyl (C=O) groups excluding carboxylic acids is 2. The first kappa shape index (κ1) is 15.3. The largest absolute Gasteiger partial charge is 0.453 e. The van der Waals surface area contributed by atoms with E-state index in [0.29, 0.717) is 11.4 Å². The molecule has 1 aromatic rings. The van der Waals surface area contributed by atoms with E-state index in [0.717, 1.165) is 25.8 Å². The van der Waals surface area contributed by atoms with Gasteiger partial charge in [-0.3, -0.25) is 10.1 Å². The number of methoxy groups -OCH3 is 1. The fraction of sp³-hybridized carbons (Fsp3) is 0.467. The Labute approximate surface area is 124 Å². The van der Waals surface area contributed by atoms with Crippen LogP contribution >= 0.6 is 0 Å². The van der Waals surface area contributed by atoms with Gasteiger partial charge in [0.05, 0.1) is 12.6 Å². The average molecular weight is 291 g/mol. The minimum Gasteiger partial charge on any atom is -0.453 e. The van der Waals surface area contributed by atoms with Gasteiger partial charge in [0.1, 0.15) is 0 Å². The van der Waals surface area contributed by atoms with Crippen LogP contribution in [-0.2, 0) is 9.53 Å². The SMILES string of the molecule is COC(=O)Nc1ccc(NC(=O)C2(C)CCCCN2)cc1. The number of amides is 2. The summed E-state index contributed by atoms with van der Waals surface area (Å²) in [5.74, 6) is -0.0316. The van der Waals surface area contributed by atoms with E-state index in [2.05, 4.69) is 20.7 Å². The summed E-state index contributed by atoms with van der Waals surface area (Å²) in [5, 5.41) is 8.73.